The zero-order valence-corrected chi connectivity index (χ0v) is 12.1. The molecule has 2 aromatic carbocycles. The topological polar surface area (TPSA) is 44.5 Å². The summed E-state index contributed by atoms with van der Waals surface area (Å²) in [5, 5.41) is 0. The predicted molar refractivity (Wildman–Crippen MR) is 80.6 cm³/mol. The Labute approximate surface area is 121 Å². The highest BCUT2D eigenvalue weighted by molar-refractivity contribution is 9.10. The van der Waals surface area contributed by atoms with Gasteiger partial charge < -0.3 is 15.2 Å². The van der Waals surface area contributed by atoms with Gasteiger partial charge in [0.1, 0.15) is 11.5 Å². The lowest BCUT2D eigenvalue weighted by Crippen LogP contribution is -2.05. The molecule has 0 aliphatic carbocycles. The standard InChI is InChI=1S/C15H16BrNO2/c16-12-4-1-6-14(10-12)18-8-3-9-19-15-7-2-5-13(17)11-15/h1-2,4-7,10-11H,3,8-9,17H2. The van der Waals surface area contributed by atoms with Crippen LogP contribution in [0.2, 0.25) is 0 Å². The van der Waals surface area contributed by atoms with Crippen molar-refractivity contribution in [3.05, 3.63) is 53.0 Å². The molecule has 0 fully saturated rings. The minimum absolute atomic E-state index is 0.609. The zero-order chi connectivity index (χ0) is 13.5. The molecule has 3 nitrogen and oxygen atoms in total. The molecule has 0 aromatic heterocycles. The number of nitrogen functional groups attached to an aromatic ring is 1. The summed E-state index contributed by atoms with van der Waals surface area (Å²) in [6, 6.07) is 15.2. The van der Waals surface area contributed by atoms with Crippen LogP contribution in [-0.2, 0) is 0 Å². The minimum atomic E-state index is 0.609. The van der Waals surface area contributed by atoms with Crippen molar-refractivity contribution in [3.63, 3.8) is 0 Å². The molecule has 0 bridgehead atoms. The van der Waals surface area contributed by atoms with Gasteiger partial charge in [0, 0.05) is 22.6 Å². The van der Waals surface area contributed by atoms with E-state index in [4.69, 9.17) is 15.2 Å². The summed E-state index contributed by atoms with van der Waals surface area (Å²) in [6.45, 7) is 1.23. The van der Waals surface area contributed by atoms with E-state index in [9.17, 15) is 0 Å². The van der Waals surface area contributed by atoms with Crippen LogP contribution in [0.25, 0.3) is 0 Å². The van der Waals surface area contributed by atoms with Gasteiger partial charge in [-0.15, -0.1) is 0 Å². The highest BCUT2D eigenvalue weighted by Gasteiger charge is 1.97. The SMILES string of the molecule is Nc1cccc(OCCCOc2cccc(Br)c2)c1. The fraction of sp³-hybridized carbons (Fsp3) is 0.200. The molecule has 0 atom stereocenters. The number of halogens is 1. The maximum Gasteiger partial charge on any atom is 0.121 e. The molecule has 0 aliphatic heterocycles. The third-order valence-corrected chi connectivity index (χ3v) is 2.97. The molecule has 2 rings (SSSR count). The monoisotopic (exact) mass is 321 g/mol. The first-order chi connectivity index (χ1) is 9.24. The molecule has 4 heteroatoms. The van der Waals surface area contributed by atoms with Crippen LogP contribution in [0.15, 0.2) is 53.0 Å². The molecule has 0 aliphatic rings. The summed E-state index contributed by atoms with van der Waals surface area (Å²) < 4.78 is 12.2. The first-order valence-electron chi connectivity index (χ1n) is 6.11. The second-order valence-electron chi connectivity index (χ2n) is 4.08. The van der Waals surface area contributed by atoms with Gasteiger partial charge in [-0.2, -0.15) is 0 Å². The van der Waals surface area contributed by atoms with Crippen LogP contribution in [0, 0.1) is 0 Å². The Hall–Kier alpha value is -1.68. The van der Waals surface area contributed by atoms with Gasteiger partial charge in [0.2, 0.25) is 0 Å². The number of benzene rings is 2. The Bertz CT molecular complexity index is 484. The molecule has 0 spiro atoms. The van der Waals surface area contributed by atoms with Gasteiger partial charge in [-0.05, 0) is 30.3 Å². The van der Waals surface area contributed by atoms with Crippen LogP contribution in [0.1, 0.15) is 6.42 Å². The maximum atomic E-state index is 5.67. The van der Waals surface area contributed by atoms with Crippen LogP contribution < -0.4 is 15.2 Å². The smallest absolute Gasteiger partial charge is 0.121 e. The molecule has 0 amide bonds. The minimum Gasteiger partial charge on any atom is -0.493 e. The maximum absolute atomic E-state index is 5.67. The van der Waals surface area contributed by atoms with E-state index >= 15 is 0 Å². The quantitative estimate of drug-likeness (QED) is 0.648. The Morgan fingerprint density at radius 2 is 1.53 bits per heavy atom. The Kier molecular flexibility index (Phi) is 5.10. The van der Waals surface area contributed by atoms with Crippen molar-refractivity contribution >= 4 is 21.6 Å². The number of anilines is 1. The van der Waals surface area contributed by atoms with Crippen LogP contribution in [0.5, 0.6) is 11.5 Å². The Morgan fingerprint density at radius 3 is 2.16 bits per heavy atom. The number of rotatable bonds is 6. The summed E-state index contributed by atoms with van der Waals surface area (Å²) in [5.41, 5.74) is 6.38. The summed E-state index contributed by atoms with van der Waals surface area (Å²) in [6.07, 6.45) is 0.821. The molecular formula is C15H16BrNO2. The van der Waals surface area contributed by atoms with E-state index in [1.165, 1.54) is 0 Å². The third kappa shape index (κ3) is 4.83. The lowest BCUT2D eigenvalue weighted by molar-refractivity contribution is 0.247. The fourth-order valence-corrected chi connectivity index (χ4v) is 1.98. The molecule has 100 valence electrons. The van der Waals surface area contributed by atoms with E-state index in [-0.39, 0.29) is 0 Å². The normalized spacial score (nSPS) is 10.2. The lowest BCUT2D eigenvalue weighted by Gasteiger charge is -2.08. The molecule has 0 heterocycles. The van der Waals surface area contributed by atoms with E-state index in [2.05, 4.69) is 15.9 Å². The molecule has 0 saturated carbocycles. The Balaban J connectivity index is 1.67. The molecule has 2 N–H and O–H groups in total. The van der Waals surface area contributed by atoms with Crippen molar-refractivity contribution in [1.29, 1.82) is 0 Å². The predicted octanol–water partition coefficient (Wildman–Crippen LogP) is 3.88. The first-order valence-corrected chi connectivity index (χ1v) is 6.90. The van der Waals surface area contributed by atoms with Crippen molar-refractivity contribution in [2.24, 2.45) is 0 Å². The van der Waals surface area contributed by atoms with E-state index in [1.807, 2.05) is 48.5 Å². The summed E-state index contributed by atoms with van der Waals surface area (Å²) in [7, 11) is 0. The van der Waals surface area contributed by atoms with E-state index in [1.54, 1.807) is 0 Å². The summed E-state index contributed by atoms with van der Waals surface area (Å²) in [4.78, 5) is 0. The van der Waals surface area contributed by atoms with Crippen molar-refractivity contribution in [2.45, 2.75) is 6.42 Å². The third-order valence-electron chi connectivity index (χ3n) is 2.48. The van der Waals surface area contributed by atoms with E-state index < -0.39 is 0 Å². The first kappa shape index (κ1) is 13.7. The fourth-order valence-electron chi connectivity index (χ4n) is 1.60. The van der Waals surface area contributed by atoms with Crippen molar-refractivity contribution in [1.82, 2.24) is 0 Å². The average molecular weight is 322 g/mol. The number of hydrogen-bond acceptors (Lipinski definition) is 3. The average Bonchev–Trinajstić information content (AvgIpc) is 2.38. The van der Waals surface area contributed by atoms with Gasteiger partial charge in [0.05, 0.1) is 13.2 Å². The molecular weight excluding hydrogens is 306 g/mol. The zero-order valence-electron chi connectivity index (χ0n) is 10.5. The largest absolute Gasteiger partial charge is 0.493 e. The second kappa shape index (κ2) is 7.04. The van der Waals surface area contributed by atoms with Crippen LogP contribution in [-0.4, -0.2) is 13.2 Å². The number of nitrogens with two attached hydrogens (primary N) is 1. The lowest BCUT2D eigenvalue weighted by atomic mass is 10.3. The van der Waals surface area contributed by atoms with Crippen LogP contribution >= 0.6 is 15.9 Å². The van der Waals surface area contributed by atoms with Gasteiger partial charge >= 0.3 is 0 Å². The van der Waals surface area contributed by atoms with Crippen LogP contribution in [0.4, 0.5) is 5.69 Å². The molecule has 0 saturated heterocycles. The highest BCUT2D eigenvalue weighted by atomic mass is 79.9. The molecule has 0 radical (unpaired) electrons. The van der Waals surface area contributed by atoms with E-state index in [0.29, 0.717) is 18.9 Å². The highest BCUT2D eigenvalue weighted by Crippen LogP contribution is 2.18. The van der Waals surface area contributed by atoms with Gasteiger partial charge in [-0.1, -0.05) is 28.1 Å². The van der Waals surface area contributed by atoms with Crippen LogP contribution in [0.3, 0.4) is 0 Å². The van der Waals surface area contributed by atoms with Crippen molar-refractivity contribution in [3.8, 4) is 11.5 Å². The van der Waals surface area contributed by atoms with Gasteiger partial charge in [-0.3, -0.25) is 0 Å². The number of ether oxygens (including phenoxy) is 2. The molecule has 19 heavy (non-hydrogen) atoms. The van der Waals surface area contributed by atoms with Crippen molar-refractivity contribution in [2.75, 3.05) is 18.9 Å². The Morgan fingerprint density at radius 1 is 0.895 bits per heavy atom. The molecule has 2 aromatic rings. The molecule has 0 unspecified atom stereocenters. The number of hydrogen-bond donors (Lipinski definition) is 1. The van der Waals surface area contributed by atoms with E-state index in [0.717, 1.165) is 22.4 Å². The summed E-state index contributed by atoms with van der Waals surface area (Å²) in [5.74, 6) is 1.65. The van der Waals surface area contributed by atoms with Gasteiger partial charge in [0.25, 0.3) is 0 Å². The summed E-state index contributed by atoms with van der Waals surface area (Å²) >= 11 is 3.41. The van der Waals surface area contributed by atoms with Gasteiger partial charge in [-0.25, -0.2) is 0 Å². The second-order valence-corrected chi connectivity index (χ2v) is 5.00. The van der Waals surface area contributed by atoms with Gasteiger partial charge in [0.15, 0.2) is 0 Å². The van der Waals surface area contributed by atoms with Crippen molar-refractivity contribution < 1.29 is 9.47 Å².